The first-order chi connectivity index (χ1) is 10.5. The Morgan fingerprint density at radius 1 is 1.23 bits per heavy atom. The van der Waals surface area contributed by atoms with Gasteiger partial charge in [0, 0.05) is 19.5 Å². The van der Waals surface area contributed by atoms with Crippen molar-refractivity contribution >= 4 is 45.1 Å². The Kier molecular flexibility index (Phi) is 4.01. The average molecular weight is 432 g/mol. The predicted molar refractivity (Wildman–Crippen MR) is 95.9 cm³/mol. The summed E-state index contributed by atoms with van der Waals surface area (Å²) in [5.41, 5.74) is 0.962. The van der Waals surface area contributed by atoms with E-state index in [0.29, 0.717) is 27.2 Å². The monoisotopic (exact) mass is 431 g/mol. The molecule has 0 bridgehead atoms. The summed E-state index contributed by atoms with van der Waals surface area (Å²) in [5.74, 6) is 0.548. The van der Waals surface area contributed by atoms with Gasteiger partial charge in [0.05, 0.1) is 18.2 Å². The standard InChI is InChI=1S/C16H11ClINO3/c1-22-9-3-5-12(18)11(7-9)14-15(20)10-4-2-8(17)6-13(10)19-16(14)21/h2-7H,1H3,(H2,19,20,21)/i18+4. The van der Waals surface area contributed by atoms with Gasteiger partial charge in [-0.05, 0) is 59.0 Å². The largest absolute Gasteiger partial charge is 0.506 e. The fraction of sp³-hybridized carbons (Fsp3) is 0.0625. The van der Waals surface area contributed by atoms with Gasteiger partial charge in [0.15, 0.2) is 0 Å². The van der Waals surface area contributed by atoms with E-state index in [0.717, 1.165) is 3.57 Å². The van der Waals surface area contributed by atoms with Crippen molar-refractivity contribution in [3.8, 4) is 22.6 Å². The van der Waals surface area contributed by atoms with E-state index >= 15 is 0 Å². The molecule has 0 saturated heterocycles. The lowest BCUT2D eigenvalue weighted by molar-refractivity contribution is 0.415. The molecule has 1 aromatic heterocycles. The molecule has 2 aromatic carbocycles. The van der Waals surface area contributed by atoms with Crippen molar-refractivity contribution in [3.05, 3.63) is 55.3 Å². The summed E-state index contributed by atoms with van der Waals surface area (Å²) in [4.78, 5) is 15.2. The fourth-order valence-electron chi connectivity index (χ4n) is 2.33. The highest BCUT2D eigenvalue weighted by Gasteiger charge is 2.17. The molecule has 0 aliphatic carbocycles. The smallest absolute Gasteiger partial charge is 0.260 e. The number of pyridine rings is 1. The van der Waals surface area contributed by atoms with Crippen molar-refractivity contribution in [2.24, 2.45) is 0 Å². The second kappa shape index (κ2) is 5.81. The predicted octanol–water partition coefficient (Wildman–Crippen LogP) is 4.17. The number of hydrogen-bond acceptors (Lipinski definition) is 3. The first kappa shape index (κ1) is 15.2. The number of rotatable bonds is 2. The fourth-order valence-corrected chi connectivity index (χ4v) is 3.10. The molecule has 3 rings (SSSR count). The van der Waals surface area contributed by atoms with E-state index in [4.69, 9.17) is 16.3 Å². The van der Waals surface area contributed by atoms with Crippen molar-refractivity contribution in [1.29, 1.82) is 0 Å². The van der Waals surface area contributed by atoms with Crippen LogP contribution in [0.15, 0.2) is 41.2 Å². The van der Waals surface area contributed by atoms with Gasteiger partial charge in [0.2, 0.25) is 0 Å². The van der Waals surface area contributed by atoms with E-state index in [1.54, 1.807) is 37.4 Å². The zero-order valence-electron chi connectivity index (χ0n) is 11.5. The summed E-state index contributed by atoms with van der Waals surface area (Å²) in [6.45, 7) is 0. The quantitative estimate of drug-likeness (QED) is 0.599. The topological polar surface area (TPSA) is 62.3 Å². The number of fused-ring (bicyclic) bond motifs is 1. The van der Waals surface area contributed by atoms with Crippen LogP contribution in [0.25, 0.3) is 22.0 Å². The third-order valence-corrected chi connectivity index (χ3v) is 4.57. The Hall–Kier alpha value is -1.73. The number of methoxy groups -OCH3 is 1. The molecule has 3 aromatic rings. The maximum atomic E-state index is 12.4. The molecule has 0 saturated carbocycles. The van der Waals surface area contributed by atoms with E-state index in [-0.39, 0.29) is 16.9 Å². The number of halogens is 2. The number of nitrogens with one attached hydrogen (secondary N) is 1. The van der Waals surface area contributed by atoms with E-state index in [1.807, 2.05) is 6.07 Å². The molecule has 0 unspecified atom stereocenters. The molecule has 0 atom stereocenters. The van der Waals surface area contributed by atoms with E-state index in [9.17, 15) is 9.90 Å². The first-order valence-electron chi connectivity index (χ1n) is 6.39. The molecular formula is C16H11ClINO3. The Morgan fingerprint density at radius 2 is 2.00 bits per heavy atom. The molecule has 0 fully saturated rings. The zero-order valence-corrected chi connectivity index (χ0v) is 14.4. The third-order valence-electron chi connectivity index (χ3n) is 3.39. The summed E-state index contributed by atoms with van der Waals surface area (Å²) in [5, 5.41) is 11.6. The summed E-state index contributed by atoms with van der Waals surface area (Å²) in [7, 11) is 1.55. The van der Waals surface area contributed by atoms with Crippen LogP contribution in [0.2, 0.25) is 5.02 Å². The second-order valence-electron chi connectivity index (χ2n) is 4.71. The third kappa shape index (κ3) is 2.55. The van der Waals surface area contributed by atoms with E-state index in [2.05, 4.69) is 27.6 Å². The molecule has 6 heteroatoms. The lowest BCUT2D eigenvalue weighted by Crippen LogP contribution is -2.10. The average Bonchev–Trinajstić information content (AvgIpc) is 2.48. The minimum atomic E-state index is -0.376. The molecule has 2 N–H and O–H groups in total. The van der Waals surface area contributed by atoms with Gasteiger partial charge < -0.3 is 14.8 Å². The maximum Gasteiger partial charge on any atom is 0.260 e. The number of H-pyrrole nitrogens is 1. The zero-order chi connectivity index (χ0) is 15.9. The Morgan fingerprint density at radius 3 is 2.73 bits per heavy atom. The Bertz CT molecular complexity index is 937. The van der Waals surface area contributed by atoms with Gasteiger partial charge >= 0.3 is 0 Å². The molecule has 0 amide bonds. The number of aromatic hydroxyl groups is 1. The van der Waals surface area contributed by atoms with Crippen molar-refractivity contribution < 1.29 is 9.84 Å². The van der Waals surface area contributed by atoms with Gasteiger partial charge in [-0.1, -0.05) is 11.6 Å². The molecule has 4 nitrogen and oxygen atoms in total. The Balaban J connectivity index is 2.37. The molecule has 112 valence electrons. The van der Waals surface area contributed by atoms with Crippen LogP contribution in [-0.2, 0) is 0 Å². The number of benzene rings is 2. The Labute approximate surface area is 144 Å². The number of ether oxygens (including phenoxy) is 1. The van der Waals surface area contributed by atoms with Crippen molar-refractivity contribution in [2.75, 3.05) is 7.11 Å². The molecule has 0 aliphatic rings. The molecule has 0 spiro atoms. The lowest BCUT2D eigenvalue weighted by atomic mass is 10.0. The normalized spacial score (nSPS) is 10.9. The highest BCUT2D eigenvalue weighted by Crippen LogP contribution is 2.36. The van der Waals surface area contributed by atoms with Gasteiger partial charge in [-0.25, -0.2) is 0 Å². The van der Waals surface area contributed by atoms with Gasteiger partial charge in [-0.3, -0.25) is 4.79 Å². The van der Waals surface area contributed by atoms with Crippen LogP contribution < -0.4 is 10.3 Å². The van der Waals surface area contributed by atoms with Crippen molar-refractivity contribution in [1.82, 2.24) is 4.98 Å². The molecule has 0 radical (unpaired) electrons. The molecule has 22 heavy (non-hydrogen) atoms. The summed E-state index contributed by atoms with van der Waals surface area (Å²) < 4.78 is 6.04. The van der Waals surface area contributed by atoms with Crippen LogP contribution in [-0.4, -0.2) is 17.2 Å². The number of hydrogen-bond donors (Lipinski definition) is 2. The van der Waals surface area contributed by atoms with Crippen LogP contribution >= 0.6 is 34.2 Å². The van der Waals surface area contributed by atoms with Crippen LogP contribution in [0.5, 0.6) is 11.5 Å². The minimum Gasteiger partial charge on any atom is -0.506 e. The van der Waals surface area contributed by atoms with E-state index in [1.165, 1.54) is 0 Å². The number of aromatic nitrogens is 1. The summed E-state index contributed by atoms with van der Waals surface area (Å²) in [6.07, 6.45) is 0. The maximum absolute atomic E-state index is 12.4. The van der Waals surface area contributed by atoms with Crippen molar-refractivity contribution in [2.45, 2.75) is 0 Å². The highest BCUT2D eigenvalue weighted by atomic mass is 131. The molecule has 0 aliphatic heterocycles. The van der Waals surface area contributed by atoms with Crippen LogP contribution in [0.1, 0.15) is 0 Å². The van der Waals surface area contributed by atoms with Gasteiger partial charge in [-0.15, -0.1) is 0 Å². The van der Waals surface area contributed by atoms with Crippen molar-refractivity contribution in [3.63, 3.8) is 0 Å². The molecular weight excluding hydrogens is 421 g/mol. The van der Waals surface area contributed by atoms with Gasteiger partial charge in [0.1, 0.15) is 11.5 Å². The van der Waals surface area contributed by atoms with Crippen LogP contribution in [0.3, 0.4) is 0 Å². The lowest BCUT2D eigenvalue weighted by Gasteiger charge is -2.11. The second-order valence-corrected chi connectivity index (χ2v) is 6.31. The highest BCUT2D eigenvalue weighted by molar-refractivity contribution is 14.1. The van der Waals surface area contributed by atoms with Gasteiger partial charge in [0.25, 0.3) is 5.56 Å². The van der Waals surface area contributed by atoms with Crippen LogP contribution in [0, 0.1) is 3.57 Å². The first-order valence-corrected chi connectivity index (χ1v) is 7.85. The SMILES string of the molecule is COc1ccc([131I])c(-c2c(O)c3ccc(Cl)cc3[nH]c2=O)c1. The van der Waals surface area contributed by atoms with E-state index < -0.39 is 0 Å². The summed E-state index contributed by atoms with van der Waals surface area (Å²) in [6, 6.07) is 10.3. The van der Waals surface area contributed by atoms with Crippen LogP contribution in [0.4, 0.5) is 0 Å². The summed E-state index contributed by atoms with van der Waals surface area (Å²) >= 11 is 8.04. The number of aromatic amines is 1. The molecule has 1 heterocycles. The van der Waals surface area contributed by atoms with Gasteiger partial charge in [-0.2, -0.15) is 0 Å². The minimum absolute atomic E-state index is 0.0680.